The van der Waals surface area contributed by atoms with Crippen LogP contribution >= 0.6 is 36.4 Å². The second kappa shape index (κ2) is 9.38. The zero-order valence-corrected chi connectivity index (χ0v) is 15.2. The third-order valence-corrected chi connectivity index (χ3v) is 4.21. The summed E-state index contributed by atoms with van der Waals surface area (Å²) in [5.74, 6) is 0.0657. The number of aromatic nitrogens is 2. The van der Waals surface area contributed by atoms with E-state index in [4.69, 9.17) is 11.6 Å². The van der Waals surface area contributed by atoms with Crippen LogP contribution in [0.2, 0.25) is 5.02 Å². The number of aromatic hydroxyl groups is 1. The van der Waals surface area contributed by atoms with Gasteiger partial charge in [-0.2, -0.15) is 0 Å². The lowest BCUT2D eigenvalue weighted by Crippen LogP contribution is -2.32. The molecule has 0 spiro atoms. The summed E-state index contributed by atoms with van der Waals surface area (Å²) >= 11 is 6.00. The van der Waals surface area contributed by atoms with Crippen molar-refractivity contribution >= 4 is 36.4 Å². The average molecular weight is 379 g/mol. The van der Waals surface area contributed by atoms with Crippen molar-refractivity contribution in [2.75, 3.05) is 19.6 Å². The van der Waals surface area contributed by atoms with Gasteiger partial charge < -0.3 is 10.0 Å². The first-order chi connectivity index (χ1) is 10.2. The highest BCUT2D eigenvalue weighted by atomic mass is 35.5. The van der Waals surface area contributed by atoms with E-state index in [1.165, 1.54) is 32.4 Å². The van der Waals surface area contributed by atoms with E-state index in [1.807, 2.05) is 35.1 Å². The Labute approximate surface area is 154 Å². The van der Waals surface area contributed by atoms with Crippen LogP contribution in [-0.2, 0) is 6.54 Å². The minimum atomic E-state index is 0. The molecule has 3 rings (SSSR count). The van der Waals surface area contributed by atoms with Gasteiger partial charge in [-0.15, -0.1) is 29.9 Å². The van der Waals surface area contributed by atoms with Crippen LogP contribution in [0.15, 0.2) is 30.5 Å². The summed E-state index contributed by atoms with van der Waals surface area (Å²) in [5.41, 5.74) is 1.63. The minimum Gasteiger partial charge on any atom is -0.492 e. The molecule has 0 radical (unpaired) electrons. The molecule has 1 aliphatic heterocycles. The molecule has 1 aliphatic rings. The normalized spacial score (nSPS) is 14.8. The molecule has 1 fully saturated rings. The average Bonchev–Trinajstić information content (AvgIpc) is 2.87. The number of hydrogen-bond donors (Lipinski definition) is 1. The van der Waals surface area contributed by atoms with Gasteiger partial charge in [-0.25, -0.2) is 0 Å². The lowest BCUT2D eigenvalue weighted by molar-refractivity contribution is 0.217. The van der Waals surface area contributed by atoms with Crippen LogP contribution in [0.1, 0.15) is 19.3 Å². The molecule has 0 unspecified atom stereocenters. The van der Waals surface area contributed by atoms with Crippen LogP contribution in [0.5, 0.6) is 5.88 Å². The standard InChI is InChI=1S/C16H20ClN3O.2ClH/c17-14-6-4-5-13(11-14)15-12-20(18-16(15)21)10-9-19-7-2-1-3-8-19;;/h4-6,11-12H,1-3,7-10H2,(H,18,21);2*1H. The quantitative estimate of drug-likeness (QED) is 0.865. The molecule has 128 valence electrons. The van der Waals surface area contributed by atoms with E-state index in [1.54, 1.807) is 0 Å². The third-order valence-electron chi connectivity index (χ3n) is 3.97. The monoisotopic (exact) mass is 377 g/mol. The molecule has 2 aromatic rings. The van der Waals surface area contributed by atoms with Gasteiger partial charge in [0.1, 0.15) is 0 Å². The highest BCUT2D eigenvalue weighted by molar-refractivity contribution is 6.30. The summed E-state index contributed by atoms with van der Waals surface area (Å²) in [6.45, 7) is 4.13. The van der Waals surface area contributed by atoms with Crippen molar-refractivity contribution in [1.29, 1.82) is 0 Å². The Bertz CT molecular complexity index is 612. The van der Waals surface area contributed by atoms with E-state index in [2.05, 4.69) is 10.00 Å². The molecule has 1 aromatic carbocycles. The first-order valence-corrected chi connectivity index (χ1v) is 7.85. The first-order valence-electron chi connectivity index (χ1n) is 7.47. The predicted octanol–water partition coefficient (Wildman–Crippen LogP) is 4.24. The molecule has 0 aliphatic carbocycles. The summed E-state index contributed by atoms with van der Waals surface area (Å²) in [7, 11) is 0. The Kier molecular flexibility index (Phi) is 8.20. The lowest BCUT2D eigenvalue weighted by atomic mass is 10.1. The van der Waals surface area contributed by atoms with Crippen molar-refractivity contribution in [3.8, 4) is 17.0 Å². The number of benzene rings is 1. The SMILES string of the molecule is Cl.Cl.Oc1nn(CCN2CCCCC2)cc1-c1cccc(Cl)c1. The van der Waals surface area contributed by atoms with Crippen molar-refractivity contribution in [1.82, 2.24) is 14.7 Å². The van der Waals surface area contributed by atoms with E-state index < -0.39 is 0 Å². The van der Waals surface area contributed by atoms with Gasteiger partial charge >= 0.3 is 0 Å². The minimum absolute atomic E-state index is 0. The molecule has 0 amide bonds. The zero-order chi connectivity index (χ0) is 14.7. The molecular weight excluding hydrogens is 357 g/mol. The molecule has 0 atom stereocenters. The Hall–Kier alpha value is -0.940. The summed E-state index contributed by atoms with van der Waals surface area (Å²) in [6, 6.07) is 7.47. The number of halogens is 3. The second-order valence-electron chi connectivity index (χ2n) is 5.54. The number of rotatable bonds is 4. The van der Waals surface area contributed by atoms with Crippen molar-refractivity contribution in [2.24, 2.45) is 0 Å². The topological polar surface area (TPSA) is 41.3 Å². The van der Waals surface area contributed by atoms with Crippen molar-refractivity contribution < 1.29 is 5.11 Å². The highest BCUT2D eigenvalue weighted by Gasteiger charge is 2.13. The van der Waals surface area contributed by atoms with Crippen LogP contribution in [0.25, 0.3) is 11.1 Å². The van der Waals surface area contributed by atoms with Crippen molar-refractivity contribution in [3.05, 3.63) is 35.5 Å². The van der Waals surface area contributed by atoms with Gasteiger partial charge in [0, 0.05) is 17.8 Å². The highest BCUT2D eigenvalue weighted by Crippen LogP contribution is 2.29. The molecule has 0 bridgehead atoms. The van der Waals surface area contributed by atoms with Gasteiger partial charge in [0.2, 0.25) is 5.88 Å². The largest absolute Gasteiger partial charge is 0.492 e. The van der Waals surface area contributed by atoms with Gasteiger partial charge in [0.05, 0.1) is 12.1 Å². The molecular formula is C16H22Cl3N3O. The maximum atomic E-state index is 10.0. The van der Waals surface area contributed by atoms with E-state index in [9.17, 15) is 5.11 Å². The molecule has 0 saturated carbocycles. The molecule has 1 aromatic heterocycles. The molecule has 7 heteroatoms. The zero-order valence-electron chi connectivity index (χ0n) is 12.8. The Morgan fingerprint density at radius 2 is 1.83 bits per heavy atom. The number of piperidine rings is 1. The smallest absolute Gasteiger partial charge is 0.238 e. The molecule has 23 heavy (non-hydrogen) atoms. The molecule has 1 saturated heterocycles. The van der Waals surface area contributed by atoms with Gasteiger partial charge in [0.15, 0.2) is 0 Å². The Balaban J connectivity index is 0.00000132. The third kappa shape index (κ3) is 5.28. The van der Waals surface area contributed by atoms with Crippen LogP contribution < -0.4 is 0 Å². The lowest BCUT2D eigenvalue weighted by Gasteiger charge is -2.26. The van der Waals surface area contributed by atoms with Gasteiger partial charge in [-0.1, -0.05) is 30.2 Å². The Morgan fingerprint density at radius 1 is 1.09 bits per heavy atom. The summed E-state index contributed by atoms with van der Waals surface area (Å²) in [5, 5.41) is 14.9. The fourth-order valence-electron chi connectivity index (χ4n) is 2.81. The number of hydrogen-bond acceptors (Lipinski definition) is 3. The van der Waals surface area contributed by atoms with Gasteiger partial charge in [0.25, 0.3) is 0 Å². The first kappa shape index (κ1) is 20.1. The summed E-state index contributed by atoms with van der Waals surface area (Å²) in [6.07, 6.45) is 5.82. The van der Waals surface area contributed by atoms with Crippen molar-refractivity contribution in [2.45, 2.75) is 25.8 Å². The Morgan fingerprint density at radius 3 is 2.52 bits per heavy atom. The van der Waals surface area contributed by atoms with Gasteiger partial charge in [-0.3, -0.25) is 4.68 Å². The van der Waals surface area contributed by atoms with E-state index in [0.717, 1.165) is 24.2 Å². The molecule has 1 N–H and O–H groups in total. The summed E-state index contributed by atoms with van der Waals surface area (Å²) in [4.78, 5) is 2.46. The fraction of sp³-hybridized carbons (Fsp3) is 0.438. The number of nitrogens with zero attached hydrogens (tertiary/aromatic N) is 3. The van der Waals surface area contributed by atoms with Crippen LogP contribution in [-0.4, -0.2) is 39.4 Å². The molecule has 2 heterocycles. The molecule has 4 nitrogen and oxygen atoms in total. The predicted molar refractivity (Wildman–Crippen MR) is 99.1 cm³/mol. The van der Waals surface area contributed by atoms with Crippen LogP contribution in [0.4, 0.5) is 0 Å². The van der Waals surface area contributed by atoms with Crippen LogP contribution in [0.3, 0.4) is 0 Å². The van der Waals surface area contributed by atoms with E-state index in [0.29, 0.717) is 5.02 Å². The van der Waals surface area contributed by atoms with Crippen LogP contribution in [0, 0.1) is 0 Å². The fourth-order valence-corrected chi connectivity index (χ4v) is 3.00. The van der Waals surface area contributed by atoms with Crippen molar-refractivity contribution in [3.63, 3.8) is 0 Å². The number of likely N-dealkylation sites (tertiary alicyclic amines) is 1. The maximum Gasteiger partial charge on any atom is 0.238 e. The maximum absolute atomic E-state index is 10.0. The second-order valence-corrected chi connectivity index (χ2v) is 5.98. The van der Waals surface area contributed by atoms with Gasteiger partial charge in [-0.05, 0) is 43.6 Å². The summed E-state index contributed by atoms with van der Waals surface area (Å²) < 4.78 is 1.82. The van der Waals surface area contributed by atoms with E-state index in [-0.39, 0.29) is 30.7 Å². The van der Waals surface area contributed by atoms with E-state index >= 15 is 0 Å².